The van der Waals surface area contributed by atoms with Crippen molar-refractivity contribution in [3.8, 4) is 17.0 Å². The van der Waals surface area contributed by atoms with Crippen LogP contribution in [0.25, 0.3) is 11.3 Å². The molecule has 1 aliphatic rings. The van der Waals surface area contributed by atoms with E-state index in [4.69, 9.17) is 4.74 Å². The van der Waals surface area contributed by atoms with Crippen molar-refractivity contribution < 1.29 is 18.7 Å². The van der Waals surface area contributed by atoms with Crippen LogP contribution >= 0.6 is 0 Å². The number of nitrogens with zero attached hydrogens (tertiary/aromatic N) is 2. The number of carbonyl (C=O) groups excluding carboxylic acids is 2. The van der Waals surface area contributed by atoms with Crippen LogP contribution in [-0.4, -0.2) is 21.1 Å². The van der Waals surface area contributed by atoms with Gasteiger partial charge in [-0.25, -0.2) is 9.37 Å². The minimum Gasteiger partial charge on any atom is -0.486 e. The fourth-order valence-electron chi connectivity index (χ4n) is 3.12. The first-order valence-corrected chi connectivity index (χ1v) is 8.14. The Morgan fingerprint density at radius 3 is 2.46 bits per heavy atom. The number of imidazole rings is 1. The van der Waals surface area contributed by atoms with Crippen LogP contribution in [0.1, 0.15) is 33.1 Å². The van der Waals surface area contributed by atoms with E-state index in [0.717, 1.165) is 0 Å². The second-order valence-corrected chi connectivity index (χ2v) is 6.10. The summed E-state index contributed by atoms with van der Waals surface area (Å²) in [5, 5.41) is 0. The highest BCUT2D eigenvalue weighted by molar-refractivity contribution is 6.19. The zero-order valence-electron chi connectivity index (χ0n) is 14.0. The average molecular weight is 350 g/mol. The summed E-state index contributed by atoms with van der Waals surface area (Å²) in [5.41, 5.74) is 2.06. The van der Waals surface area contributed by atoms with Crippen molar-refractivity contribution in [3.05, 3.63) is 71.4 Å². The molecule has 6 heteroatoms. The van der Waals surface area contributed by atoms with Crippen molar-refractivity contribution in [2.24, 2.45) is 7.05 Å². The molecule has 0 amide bonds. The largest absolute Gasteiger partial charge is 0.486 e. The van der Waals surface area contributed by atoms with Gasteiger partial charge in [0.2, 0.25) is 0 Å². The number of Topliss-reactive ketones (excluding diaryl/α,β-unsaturated/α-hetero) is 2. The van der Waals surface area contributed by atoms with Crippen LogP contribution < -0.4 is 4.74 Å². The normalized spacial score (nSPS) is 13.2. The minimum atomic E-state index is -0.340. The Balaban J connectivity index is 1.73. The maximum Gasteiger partial charge on any atom is 0.189 e. The van der Waals surface area contributed by atoms with Crippen molar-refractivity contribution in [2.75, 3.05) is 0 Å². The predicted octanol–water partition coefficient (Wildman–Crippen LogP) is 3.57. The molecule has 26 heavy (non-hydrogen) atoms. The number of carbonyl (C=O) groups is 2. The fourth-order valence-corrected chi connectivity index (χ4v) is 3.12. The average Bonchev–Trinajstić information content (AvgIpc) is 2.92. The SMILES string of the molecule is Cn1c(COc2ccc(F)cc2)nc2c1C(=O)CC(=O)c1ccccc1-2. The molecule has 0 saturated heterocycles. The summed E-state index contributed by atoms with van der Waals surface area (Å²) in [7, 11) is 1.73. The zero-order chi connectivity index (χ0) is 18.3. The summed E-state index contributed by atoms with van der Waals surface area (Å²) in [4.78, 5) is 29.4. The number of ether oxygens (including phenoxy) is 1. The highest BCUT2D eigenvalue weighted by atomic mass is 19.1. The van der Waals surface area contributed by atoms with Gasteiger partial charge in [-0.3, -0.25) is 9.59 Å². The van der Waals surface area contributed by atoms with Gasteiger partial charge < -0.3 is 9.30 Å². The van der Waals surface area contributed by atoms with Gasteiger partial charge in [0.25, 0.3) is 0 Å². The Morgan fingerprint density at radius 1 is 1.04 bits per heavy atom. The number of hydrogen-bond donors (Lipinski definition) is 0. The maximum absolute atomic E-state index is 13.0. The molecule has 0 unspecified atom stereocenters. The molecule has 1 aromatic heterocycles. The van der Waals surface area contributed by atoms with Crippen LogP contribution in [0, 0.1) is 5.82 Å². The highest BCUT2D eigenvalue weighted by Crippen LogP contribution is 2.32. The molecule has 0 radical (unpaired) electrons. The molecule has 2 aromatic carbocycles. The molecule has 0 atom stereocenters. The van der Waals surface area contributed by atoms with E-state index in [9.17, 15) is 14.0 Å². The second kappa shape index (κ2) is 6.22. The predicted molar refractivity (Wildman–Crippen MR) is 92.7 cm³/mol. The van der Waals surface area contributed by atoms with Crippen molar-refractivity contribution in [2.45, 2.75) is 13.0 Å². The molecular formula is C20H15FN2O3. The molecule has 0 saturated carbocycles. The molecular weight excluding hydrogens is 335 g/mol. The molecule has 1 aliphatic carbocycles. The van der Waals surface area contributed by atoms with E-state index < -0.39 is 0 Å². The quantitative estimate of drug-likeness (QED) is 0.678. The molecule has 3 aromatic rings. The van der Waals surface area contributed by atoms with Crippen LogP contribution in [0.4, 0.5) is 4.39 Å². The van der Waals surface area contributed by atoms with E-state index in [-0.39, 0.29) is 30.4 Å². The molecule has 5 nitrogen and oxygen atoms in total. The highest BCUT2D eigenvalue weighted by Gasteiger charge is 2.30. The number of hydrogen-bond acceptors (Lipinski definition) is 4. The third kappa shape index (κ3) is 2.69. The van der Waals surface area contributed by atoms with E-state index >= 15 is 0 Å². The molecule has 0 N–H and O–H groups in total. The van der Waals surface area contributed by atoms with E-state index in [1.165, 1.54) is 24.3 Å². The molecule has 130 valence electrons. The van der Waals surface area contributed by atoms with Crippen molar-refractivity contribution in [1.29, 1.82) is 0 Å². The molecule has 1 heterocycles. The summed E-state index contributed by atoms with van der Waals surface area (Å²) in [6.45, 7) is 0.124. The van der Waals surface area contributed by atoms with Gasteiger partial charge in [-0.1, -0.05) is 24.3 Å². The molecule has 0 aliphatic heterocycles. The third-order valence-electron chi connectivity index (χ3n) is 4.44. The Labute approximate surface area is 149 Å². The first-order chi connectivity index (χ1) is 12.5. The van der Waals surface area contributed by atoms with Gasteiger partial charge in [0.1, 0.15) is 35.4 Å². The summed E-state index contributed by atoms with van der Waals surface area (Å²) in [6, 6.07) is 12.8. The van der Waals surface area contributed by atoms with Crippen LogP contribution in [-0.2, 0) is 13.7 Å². The monoisotopic (exact) mass is 350 g/mol. The standard InChI is InChI=1S/C20H15FN2O3/c1-23-18(11-26-13-8-6-12(21)7-9-13)22-19-15-5-3-2-4-14(15)16(24)10-17(25)20(19)23/h2-9H,10-11H2,1H3. The van der Waals surface area contributed by atoms with Gasteiger partial charge in [0, 0.05) is 18.2 Å². The van der Waals surface area contributed by atoms with Gasteiger partial charge in [-0.2, -0.15) is 0 Å². The van der Waals surface area contributed by atoms with Gasteiger partial charge in [-0.05, 0) is 24.3 Å². The lowest BCUT2D eigenvalue weighted by Crippen LogP contribution is -2.12. The molecule has 0 fully saturated rings. The van der Waals surface area contributed by atoms with Crippen molar-refractivity contribution >= 4 is 11.6 Å². The Bertz CT molecular complexity index is 1020. The van der Waals surface area contributed by atoms with Crippen molar-refractivity contribution in [3.63, 3.8) is 0 Å². The van der Waals surface area contributed by atoms with Crippen LogP contribution in [0.5, 0.6) is 5.75 Å². The Kier molecular flexibility index (Phi) is 3.88. The van der Waals surface area contributed by atoms with Gasteiger partial charge in [0.15, 0.2) is 11.6 Å². The molecule has 0 bridgehead atoms. The number of ketones is 2. The Hall–Kier alpha value is -3.28. The lowest BCUT2D eigenvalue weighted by atomic mass is 10.0. The first-order valence-electron chi connectivity index (χ1n) is 8.14. The van der Waals surface area contributed by atoms with E-state index in [2.05, 4.69) is 4.98 Å². The van der Waals surface area contributed by atoms with Crippen LogP contribution in [0.3, 0.4) is 0 Å². The fraction of sp³-hybridized carbons (Fsp3) is 0.150. The third-order valence-corrected chi connectivity index (χ3v) is 4.44. The van der Waals surface area contributed by atoms with E-state index in [1.807, 2.05) is 6.07 Å². The number of fused-ring (bicyclic) bond motifs is 3. The lowest BCUT2D eigenvalue weighted by Gasteiger charge is -2.07. The summed E-state index contributed by atoms with van der Waals surface area (Å²) < 4.78 is 20.3. The van der Waals surface area contributed by atoms with E-state index in [1.54, 1.807) is 29.8 Å². The second-order valence-electron chi connectivity index (χ2n) is 6.10. The first kappa shape index (κ1) is 16.2. The van der Waals surface area contributed by atoms with Gasteiger partial charge in [0.05, 0.1) is 6.42 Å². The number of aromatic nitrogens is 2. The Morgan fingerprint density at radius 2 is 1.73 bits per heavy atom. The number of benzene rings is 2. The lowest BCUT2D eigenvalue weighted by molar-refractivity contribution is 0.0892. The smallest absolute Gasteiger partial charge is 0.189 e. The summed E-state index contributed by atoms with van der Waals surface area (Å²) in [6.07, 6.45) is -0.179. The minimum absolute atomic E-state index is 0.124. The van der Waals surface area contributed by atoms with Gasteiger partial charge >= 0.3 is 0 Å². The zero-order valence-corrected chi connectivity index (χ0v) is 14.0. The summed E-state index contributed by atoms with van der Waals surface area (Å²) >= 11 is 0. The van der Waals surface area contributed by atoms with E-state index in [0.29, 0.717) is 34.1 Å². The maximum atomic E-state index is 13.0. The van der Waals surface area contributed by atoms with Crippen molar-refractivity contribution in [1.82, 2.24) is 9.55 Å². The number of halogens is 1. The molecule has 4 rings (SSSR count). The van der Waals surface area contributed by atoms with Gasteiger partial charge in [-0.15, -0.1) is 0 Å². The number of rotatable bonds is 3. The topological polar surface area (TPSA) is 61.2 Å². The van der Waals surface area contributed by atoms with Crippen LogP contribution in [0.15, 0.2) is 48.5 Å². The summed E-state index contributed by atoms with van der Waals surface area (Å²) in [5.74, 6) is 0.258. The molecule has 0 spiro atoms. The van der Waals surface area contributed by atoms with Crippen LogP contribution in [0.2, 0.25) is 0 Å².